The van der Waals surface area contributed by atoms with E-state index in [9.17, 15) is 4.39 Å². The van der Waals surface area contributed by atoms with Crippen molar-refractivity contribution in [1.82, 2.24) is 4.90 Å². The minimum atomic E-state index is -0.221. The molecule has 1 atom stereocenters. The normalized spacial score (nSPS) is 29.8. The maximum atomic E-state index is 13.5. The van der Waals surface area contributed by atoms with Crippen molar-refractivity contribution in [3.63, 3.8) is 0 Å². The van der Waals surface area contributed by atoms with Crippen molar-refractivity contribution in [2.45, 2.75) is 36.9 Å². The number of hydrogen-bond donors (Lipinski definition) is 1. The zero-order valence-corrected chi connectivity index (χ0v) is 14.6. The summed E-state index contributed by atoms with van der Waals surface area (Å²) in [4.78, 5) is 7.16. The number of rotatable bonds is 1. The second-order valence-corrected chi connectivity index (χ2v) is 7.67. The second kappa shape index (κ2) is 5.81. The lowest BCUT2D eigenvalue weighted by Gasteiger charge is -2.39. The van der Waals surface area contributed by atoms with Crippen molar-refractivity contribution >= 4 is 6.02 Å². The highest BCUT2D eigenvalue weighted by Gasteiger charge is 2.49. The monoisotopic (exact) mass is 351 g/mol. The summed E-state index contributed by atoms with van der Waals surface area (Å²) in [6.07, 6.45) is 2.73. The second-order valence-electron chi connectivity index (χ2n) is 7.67. The number of ether oxygens (including phenoxy) is 1. The average molecular weight is 351 g/mol. The van der Waals surface area contributed by atoms with Gasteiger partial charge < -0.3 is 15.4 Å². The highest BCUT2D eigenvalue weighted by Crippen LogP contribution is 2.42. The lowest BCUT2D eigenvalue weighted by molar-refractivity contribution is 0.140. The molecule has 1 aliphatic carbocycles. The molecular formula is C21H22FN3O. The molecule has 1 saturated carbocycles. The van der Waals surface area contributed by atoms with Crippen molar-refractivity contribution < 1.29 is 9.13 Å². The van der Waals surface area contributed by atoms with Crippen LogP contribution in [0.15, 0.2) is 53.5 Å². The molecule has 2 aliphatic heterocycles. The fourth-order valence-electron chi connectivity index (χ4n) is 4.52. The molecule has 2 aromatic rings. The van der Waals surface area contributed by atoms with Crippen LogP contribution in [-0.4, -0.2) is 35.7 Å². The van der Waals surface area contributed by atoms with Gasteiger partial charge in [-0.25, -0.2) is 9.38 Å². The van der Waals surface area contributed by atoms with Crippen LogP contribution < -0.4 is 5.73 Å². The minimum absolute atomic E-state index is 0.0109. The van der Waals surface area contributed by atoms with Crippen LogP contribution >= 0.6 is 0 Å². The zero-order chi connectivity index (χ0) is 17.7. The fourth-order valence-corrected chi connectivity index (χ4v) is 4.52. The first kappa shape index (κ1) is 15.8. The van der Waals surface area contributed by atoms with E-state index in [0.29, 0.717) is 12.6 Å². The number of nitrogens with zero attached hydrogens (tertiary/aromatic N) is 2. The van der Waals surface area contributed by atoms with Crippen LogP contribution in [0, 0.1) is 5.82 Å². The molecule has 0 unspecified atom stereocenters. The van der Waals surface area contributed by atoms with E-state index in [4.69, 9.17) is 15.5 Å². The molecule has 134 valence electrons. The molecule has 2 N–H and O–H groups in total. The maximum absolute atomic E-state index is 13.5. The molecule has 0 radical (unpaired) electrons. The molecule has 0 saturated heterocycles. The standard InChI is InChI=1S/C21H22FN3O/c22-16-7-5-15(6-8-16)19-18-4-2-1-3-14(18)9-10-25(19)20-24-21(13-26-20)11-17(23)12-21/h1-8,17,19H,9-13,23H2/t17?,19-,21?/m0/s1. The zero-order valence-electron chi connectivity index (χ0n) is 14.6. The van der Waals surface area contributed by atoms with Gasteiger partial charge in [0.2, 0.25) is 0 Å². The lowest BCUT2D eigenvalue weighted by Crippen LogP contribution is -2.51. The average Bonchev–Trinajstić information content (AvgIpc) is 3.06. The number of hydrogen-bond acceptors (Lipinski definition) is 4. The van der Waals surface area contributed by atoms with E-state index in [1.54, 1.807) is 0 Å². The summed E-state index contributed by atoms with van der Waals surface area (Å²) in [5, 5.41) is 0. The van der Waals surface area contributed by atoms with Crippen molar-refractivity contribution in [2.75, 3.05) is 13.2 Å². The SMILES string of the molecule is NC1CC2(COC(N3CCc4ccccc4[C@@H]3c3ccc(F)cc3)=N2)C1. The van der Waals surface area contributed by atoms with E-state index in [0.717, 1.165) is 31.4 Å². The molecule has 3 aliphatic rings. The first-order chi connectivity index (χ1) is 12.6. The van der Waals surface area contributed by atoms with Crippen LogP contribution in [0.2, 0.25) is 0 Å². The van der Waals surface area contributed by atoms with Crippen LogP contribution in [0.25, 0.3) is 0 Å². The first-order valence-corrected chi connectivity index (χ1v) is 9.22. The number of fused-ring (bicyclic) bond motifs is 1. The quantitative estimate of drug-likeness (QED) is 0.859. The Morgan fingerprint density at radius 3 is 2.65 bits per heavy atom. The molecule has 1 fully saturated rings. The summed E-state index contributed by atoms with van der Waals surface area (Å²) in [7, 11) is 0. The third-order valence-electron chi connectivity index (χ3n) is 5.80. The predicted octanol–water partition coefficient (Wildman–Crippen LogP) is 3.02. The van der Waals surface area contributed by atoms with Gasteiger partial charge in [0.1, 0.15) is 18.0 Å². The Kier molecular flexibility index (Phi) is 3.54. The molecule has 26 heavy (non-hydrogen) atoms. The number of benzene rings is 2. The lowest BCUT2D eigenvalue weighted by atomic mass is 9.74. The maximum Gasteiger partial charge on any atom is 0.288 e. The van der Waals surface area contributed by atoms with Gasteiger partial charge in [-0.2, -0.15) is 0 Å². The van der Waals surface area contributed by atoms with Gasteiger partial charge in [-0.1, -0.05) is 36.4 Å². The predicted molar refractivity (Wildman–Crippen MR) is 98.4 cm³/mol. The summed E-state index contributed by atoms with van der Waals surface area (Å²) in [5.74, 6) is -0.221. The van der Waals surface area contributed by atoms with Crippen molar-refractivity contribution in [1.29, 1.82) is 0 Å². The smallest absolute Gasteiger partial charge is 0.288 e. The fraction of sp³-hybridized carbons (Fsp3) is 0.381. The Morgan fingerprint density at radius 1 is 1.12 bits per heavy atom. The van der Waals surface area contributed by atoms with Crippen molar-refractivity contribution in [3.8, 4) is 0 Å². The Morgan fingerprint density at radius 2 is 1.88 bits per heavy atom. The van der Waals surface area contributed by atoms with Crippen LogP contribution in [-0.2, 0) is 11.2 Å². The molecular weight excluding hydrogens is 329 g/mol. The number of nitrogens with two attached hydrogens (primary N) is 1. The van der Waals surface area contributed by atoms with Gasteiger partial charge in [0.25, 0.3) is 6.02 Å². The summed E-state index contributed by atoms with van der Waals surface area (Å²) < 4.78 is 19.5. The third-order valence-corrected chi connectivity index (χ3v) is 5.80. The van der Waals surface area contributed by atoms with Crippen molar-refractivity contribution in [2.24, 2.45) is 10.7 Å². The summed E-state index contributed by atoms with van der Waals surface area (Å²) in [6.45, 7) is 1.45. The van der Waals surface area contributed by atoms with E-state index >= 15 is 0 Å². The Hall–Kier alpha value is -2.40. The largest absolute Gasteiger partial charge is 0.463 e. The van der Waals surface area contributed by atoms with Gasteiger partial charge in [-0.3, -0.25) is 0 Å². The molecule has 5 heteroatoms. The summed E-state index contributed by atoms with van der Waals surface area (Å²) in [6, 6.07) is 16.2. The van der Waals surface area contributed by atoms with E-state index in [1.807, 2.05) is 12.1 Å². The van der Waals surface area contributed by atoms with E-state index in [-0.39, 0.29) is 23.4 Å². The molecule has 0 amide bonds. The molecule has 2 heterocycles. The molecule has 1 spiro atoms. The van der Waals surface area contributed by atoms with Crippen molar-refractivity contribution in [3.05, 3.63) is 71.0 Å². The number of halogens is 1. The number of aliphatic imine (C=N–C) groups is 1. The molecule has 0 bridgehead atoms. The Labute approximate surface area is 152 Å². The summed E-state index contributed by atoms with van der Waals surface area (Å²) >= 11 is 0. The molecule has 0 aromatic heterocycles. The molecule has 5 rings (SSSR count). The van der Waals surface area contributed by atoms with Crippen LogP contribution in [0.5, 0.6) is 0 Å². The Balaban J connectivity index is 1.55. The van der Waals surface area contributed by atoms with Gasteiger partial charge in [0.05, 0.1) is 6.04 Å². The van der Waals surface area contributed by atoms with Crippen LogP contribution in [0.3, 0.4) is 0 Å². The van der Waals surface area contributed by atoms with E-state index in [1.165, 1.54) is 23.3 Å². The van der Waals surface area contributed by atoms with Gasteiger partial charge in [-0.15, -0.1) is 0 Å². The Bertz CT molecular complexity index is 858. The minimum Gasteiger partial charge on any atom is -0.463 e. The third kappa shape index (κ3) is 2.50. The topological polar surface area (TPSA) is 50.9 Å². The van der Waals surface area contributed by atoms with Gasteiger partial charge in [0, 0.05) is 12.6 Å². The van der Waals surface area contributed by atoms with Crippen LogP contribution in [0.4, 0.5) is 4.39 Å². The first-order valence-electron chi connectivity index (χ1n) is 9.22. The number of amidine groups is 1. The highest BCUT2D eigenvalue weighted by molar-refractivity contribution is 5.78. The highest BCUT2D eigenvalue weighted by atomic mass is 19.1. The van der Waals surface area contributed by atoms with Gasteiger partial charge in [0.15, 0.2) is 0 Å². The van der Waals surface area contributed by atoms with E-state index < -0.39 is 0 Å². The van der Waals surface area contributed by atoms with Crippen LogP contribution in [0.1, 0.15) is 35.6 Å². The summed E-state index contributed by atoms with van der Waals surface area (Å²) in [5.41, 5.74) is 9.47. The van der Waals surface area contributed by atoms with Gasteiger partial charge >= 0.3 is 0 Å². The molecule has 4 nitrogen and oxygen atoms in total. The molecule has 2 aromatic carbocycles. The van der Waals surface area contributed by atoms with E-state index in [2.05, 4.69) is 29.2 Å². The van der Waals surface area contributed by atoms with Gasteiger partial charge in [-0.05, 0) is 48.1 Å².